The molecular weight excluding hydrogens is 256 g/mol. The second kappa shape index (κ2) is 6.26. The highest BCUT2D eigenvalue weighted by Crippen LogP contribution is 2.20. The Balaban J connectivity index is 2.85. The Morgan fingerprint density at radius 1 is 1.50 bits per heavy atom. The Hall–Kier alpha value is -1.75. The van der Waals surface area contributed by atoms with Gasteiger partial charge in [-0.2, -0.15) is 0 Å². The zero-order valence-electron chi connectivity index (χ0n) is 10.2. The molecule has 0 radical (unpaired) electrons. The van der Waals surface area contributed by atoms with Crippen LogP contribution in [0.25, 0.3) is 0 Å². The van der Waals surface area contributed by atoms with Gasteiger partial charge in [-0.15, -0.1) is 0 Å². The number of nitrogens with one attached hydrogen (secondary N) is 1. The summed E-state index contributed by atoms with van der Waals surface area (Å²) in [7, 11) is 1.27. The summed E-state index contributed by atoms with van der Waals surface area (Å²) in [5, 5.41) is 2.94. The van der Waals surface area contributed by atoms with Gasteiger partial charge in [0, 0.05) is 13.3 Å². The van der Waals surface area contributed by atoms with Gasteiger partial charge in [-0.3, -0.25) is 4.79 Å². The molecule has 0 saturated carbocycles. The highest BCUT2D eigenvalue weighted by Gasteiger charge is 2.20. The third kappa shape index (κ3) is 3.92. The number of methoxy groups -OCH3 is 1. The van der Waals surface area contributed by atoms with Crippen LogP contribution in [0.1, 0.15) is 12.5 Å². The molecule has 0 aliphatic carbocycles. The third-order valence-electron chi connectivity index (χ3n) is 2.37. The van der Waals surface area contributed by atoms with Crippen LogP contribution in [0.5, 0.6) is 0 Å². The van der Waals surface area contributed by atoms with Gasteiger partial charge in [0.25, 0.3) is 0 Å². The number of hydrogen-bond acceptors (Lipinski definition) is 4. The lowest BCUT2D eigenvalue weighted by Crippen LogP contribution is -2.41. The lowest BCUT2D eigenvalue weighted by Gasteiger charge is -2.15. The van der Waals surface area contributed by atoms with Gasteiger partial charge in [-0.05, 0) is 17.7 Å². The van der Waals surface area contributed by atoms with Crippen LogP contribution >= 0.6 is 11.6 Å². The quantitative estimate of drug-likeness (QED) is 0.635. The first-order valence-corrected chi connectivity index (χ1v) is 5.70. The predicted molar refractivity (Wildman–Crippen MR) is 69.2 cm³/mol. The lowest BCUT2D eigenvalue weighted by atomic mass is 10.1. The number of anilines is 1. The van der Waals surface area contributed by atoms with Gasteiger partial charge in [0.15, 0.2) is 0 Å². The Kier molecular flexibility index (Phi) is 4.97. The highest BCUT2D eigenvalue weighted by atomic mass is 35.5. The van der Waals surface area contributed by atoms with Crippen molar-refractivity contribution < 1.29 is 14.3 Å². The summed E-state index contributed by atoms with van der Waals surface area (Å²) < 4.78 is 4.63. The maximum atomic E-state index is 11.5. The minimum absolute atomic E-state index is 0.298. The molecule has 18 heavy (non-hydrogen) atoms. The molecule has 0 bridgehead atoms. The topological polar surface area (TPSA) is 81.4 Å². The van der Waals surface area contributed by atoms with Crippen molar-refractivity contribution in [2.45, 2.75) is 19.4 Å². The smallest absolute Gasteiger partial charge is 0.328 e. The van der Waals surface area contributed by atoms with Gasteiger partial charge in [0.05, 0.1) is 17.8 Å². The van der Waals surface area contributed by atoms with Crippen LogP contribution in [0.15, 0.2) is 18.2 Å². The maximum absolute atomic E-state index is 11.5. The van der Waals surface area contributed by atoms with Crippen LogP contribution in [0.4, 0.5) is 5.69 Å². The summed E-state index contributed by atoms with van der Waals surface area (Å²) >= 11 is 5.89. The minimum Gasteiger partial charge on any atom is -0.467 e. The molecule has 0 spiro atoms. The van der Waals surface area contributed by atoms with Crippen molar-refractivity contribution in [2.24, 2.45) is 0 Å². The average Bonchev–Trinajstić information content (AvgIpc) is 2.31. The molecule has 0 aliphatic heterocycles. The van der Waals surface area contributed by atoms with Crippen molar-refractivity contribution in [3.63, 3.8) is 0 Å². The van der Waals surface area contributed by atoms with Gasteiger partial charge in [0.1, 0.15) is 6.04 Å². The van der Waals surface area contributed by atoms with Crippen molar-refractivity contribution in [1.82, 2.24) is 5.32 Å². The molecule has 1 aromatic carbocycles. The largest absolute Gasteiger partial charge is 0.467 e. The van der Waals surface area contributed by atoms with Crippen molar-refractivity contribution in [2.75, 3.05) is 12.8 Å². The van der Waals surface area contributed by atoms with Gasteiger partial charge in [-0.1, -0.05) is 17.7 Å². The number of nitrogens with two attached hydrogens (primary N) is 1. The second-order valence-corrected chi connectivity index (χ2v) is 4.24. The van der Waals surface area contributed by atoms with Gasteiger partial charge in [0.2, 0.25) is 5.91 Å². The summed E-state index contributed by atoms with van der Waals surface area (Å²) in [5.74, 6) is -0.801. The number of esters is 1. The minimum atomic E-state index is -0.729. The Morgan fingerprint density at radius 3 is 2.67 bits per heavy atom. The number of hydrogen-bond donors (Lipinski definition) is 2. The Labute approximate surface area is 110 Å². The first kappa shape index (κ1) is 14.3. The SMILES string of the molecule is COC(=O)C(Cc1ccc(N)c(Cl)c1)NC(C)=O. The summed E-state index contributed by atoms with van der Waals surface area (Å²) in [5.41, 5.74) is 6.85. The molecule has 0 aliphatic rings. The highest BCUT2D eigenvalue weighted by molar-refractivity contribution is 6.33. The van der Waals surface area contributed by atoms with E-state index in [-0.39, 0.29) is 5.91 Å². The summed E-state index contributed by atoms with van der Waals surface area (Å²) in [6, 6.07) is 4.33. The van der Waals surface area contributed by atoms with Gasteiger partial charge in [-0.25, -0.2) is 4.79 Å². The Morgan fingerprint density at radius 2 is 2.17 bits per heavy atom. The first-order chi connectivity index (χ1) is 8.43. The van der Waals surface area contributed by atoms with Crippen LogP contribution in [0, 0.1) is 0 Å². The fourth-order valence-electron chi connectivity index (χ4n) is 1.51. The van der Waals surface area contributed by atoms with Crippen molar-refractivity contribution >= 4 is 29.2 Å². The fourth-order valence-corrected chi connectivity index (χ4v) is 1.72. The molecule has 1 aromatic rings. The van der Waals surface area contributed by atoms with Crippen LogP contribution < -0.4 is 11.1 Å². The zero-order valence-corrected chi connectivity index (χ0v) is 11.0. The summed E-state index contributed by atoms with van der Waals surface area (Å²) in [6.07, 6.45) is 0.298. The molecule has 0 saturated heterocycles. The molecule has 98 valence electrons. The molecule has 0 heterocycles. The van der Waals surface area contributed by atoms with Crippen LogP contribution in [0.3, 0.4) is 0 Å². The lowest BCUT2D eigenvalue weighted by molar-refractivity contribution is -0.144. The van der Waals surface area contributed by atoms with E-state index in [0.717, 1.165) is 5.56 Å². The number of carbonyl (C=O) groups excluding carboxylic acids is 2. The molecule has 1 amide bonds. The molecule has 6 heteroatoms. The molecule has 1 rings (SSSR count). The third-order valence-corrected chi connectivity index (χ3v) is 2.70. The fraction of sp³-hybridized carbons (Fsp3) is 0.333. The number of amides is 1. The van der Waals surface area contributed by atoms with E-state index < -0.39 is 12.0 Å². The standard InChI is InChI=1S/C12H15ClN2O3/c1-7(16)15-11(12(17)18-2)6-8-3-4-10(14)9(13)5-8/h3-5,11H,6,14H2,1-2H3,(H,15,16). The average molecular weight is 271 g/mol. The van der Waals surface area contributed by atoms with Gasteiger partial charge < -0.3 is 15.8 Å². The normalized spacial score (nSPS) is 11.7. The van der Waals surface area contributed by atoms with Crippen molar-refractivity contribution in [1.29, 1.82) is 0 Å². The number of carbonyl (C=O) groups is 2. The van der Waals surface area contributed by atoms with E-state index in [0.29, 0.717) is 17.1 Å². The van der Waals surface area contributed by atoms with E-state index in [9.17, 15) is 9.59 Å². The summed E-state index contributed by atoms with van der Waals surface area (Å²) in [4.78, 5) is 22.5. The molecule has 5 nitrogen and oxygen atoms in total. The van der Waals surface area contributed by atoms with E-state index >= 15 is 0 Å². The molecular formula is C12H15ClN2O3. The number of rotatable bonds is 4. The molecule has 3 N–H and O–H groups in total. The zero-order chi connectivity index (χ0) is 13.7. The second-order valence-electron chi connectivity index (χ2n) is 3.84. The molecule has 0 aromatic heterocycles. The number of benzene rings is 1. The van der Waals surface area contributed by atoms with E-state index in [1.165, 1.54) is 14.0 Å². The van der Waals surface area contributed by atoms with Crippen molar-refractivity contribution in [3.8, 4) is 0 Å². The predicted octanol–water partition coefficient (Wildman–Crippen LogP) is 1.14. The van der Waals surface area contributed by atoms with Crippen LogP contribution in [-0.4, -0.2) is 25.0 Å². The first-order valence-electron chi connectivity index (χ1n) is 5.33. The number of ether oxygens (including phenoxy) is 1. The van der Waals surface area contributed by atoms with E-state index in [4.69, 9.17) is 17.3 Å². The molecule has 0 fully saturated rings. The molecule has 1 atom stereocenters. The monoisotopic (exact) mass is 270 g/mol. The number of nitrogen functional groups attached to an aromatic ring is 1. The summed E-state index contributed by atoms with van der Waals surface area (Å²) in [6.45, 7) is 1.34. The van der Waals surface area contributed by atoms with E-state index in [1.54, 1.807) is 18.2 Å². The van der Waals surface area contributed by atoms with Crippen molar-refractivity contribution in [3.05, 3.63) is 28.8 Å². The Bertz CT molecular complexity index is 463. The van der Waals surface area contributed by atoms with Crippen LogP contribution in [0.2, 0.25) is 5.02 Å². The van der Waals surface area contributed by atoms with Gasteiger partial charge >= 0.3 is 5.97 Å². The van der Waals surface area contributed by atoms with Crippen LogP contribution in [-0.2, 0) is 20.7 Å². The number of halogens is 1. The van der Waals surface area contributed by atoms with E-state index in [2.05, 4.69) is 10.1 Å². The maximum Gasteiger partial charge on any atom is 0.328 e. The molecule has 1 unspecified atom stereocenters. The van der Waals surface area contributed by atoms with E-state index in [1.807, 2.05) is 0 Å².